The Bertz CT molecular complexity index is 450. The predicted molar refractivity (Wildman–Crippen MR) is 106 cm³/mol. The van der Waals surface area contributed by atoms with Gasteiger partial charge in [-0.05, 0) is 36.8 Å². The summed E-state index contributed by atoms with van der Waals surface area (Å²) in [5, 5.41) is 18.5. The van der Waals surface area contributed by atoms with Gasteiger partial charge < -0.3 is 15.9 Å². The lowest BCUT2D eigenvalue weighted by Gasteiger charge is -2.24. The maximum Gasteiger partial charge on any atom is 0.0633 e. The van der Waals surface area contributed by atoms with E-state index >= 15 is 0 Å². The summed E-state index contributed by atoms with van der Waals surface area (Å²) in [6.45, 7) is 6.98. The smallest absolute Gasteiger partial charge is 0.0633 e. The molecule has 0 spiro atoms. The number of benzene rings is 1. The van der Waals surface area contributed by atoms with Crippen LogP contribution in [0.5, 0.6) is 0 Å². The van der Waals surface area contributed by atoms with E-state index in [1.54, 1.807) is 0 Å². The lowest BCUT2D eigenvalue weighted by Crippen LogP contribution is -2.47. The molecule has 0 aliphatic heterocycles. The van der Waals surface area contributed by atoms with E-state index in [9.17, 15) is 10.2 Å². The first kappa shape index (κ1) is 21.4. The van der Waals surface area contributed by atoms with E-state index < -0.39 is 13.6 Å². The molecule has 1 aromatic rings. The van der Waals surface area contributed by atoms with Gasteiger partial charge in [-0.15, -0.1) is 0 Å². The van der Waals surface area contributed by atoms with E-state index in [0.29, 0.717) is 6.42 Å². The summed E-state index contributed by atoms with van der Waals surface area (Å²) in [7, 11) is -0.855. The number of hydrogen-bond donors (Lipinski definition) is 3. The van der Waals surface area contributed by atoms with E-state index in [4.69, 9.17) is 5.73 Å². The van der Waals surface area contributed by atoms with Crippen molar-refractivity contribution in [3.8, 4) is 0 Å². The standard InChI is InChI=1S/C20H37NO2Si/c1-24(2,3)15-7-5-4-6-8-18-9-11-19(12-10-18)13-14-20(21,16-22)17-23/h9-12,22-23H,4-8,13-17,21H2,1-3H3. The normalized spacial score (nSPS) is 12.6. The summed E-state index contributed by atoms with van der Waals surface area (Å²) >= 11 is 0. The Hall–Kier alpha value is -0.683. The van der Waals surface area contributed by atoms with Gasteiger partial charge >= 0.3 is 0 Å². The fourth-order valence-electron chi connectivity index (χ4n) is 2.81. The average molecular weight is 352 g/mol. The van der Waals surface area contributed by atoms with Gasteiger partial charge in [0.15, 0.2) is 0 Å². The summed E-state index contributed by atoms with van der Waals surface area (Å²) in [5.41, 5.74) is 7.65. The molecule has 4 heteroatoms. The van der Waals surface area contributed by atoms with Gasteiger partial charge in [0.25, 0.3) is 0 Å². The van der Waals surface area contributed by atoms with Crippen LogP contribution >= 0.6 is 0 Å². The number of hydrogen-bond acceptors (Lipinski definition) is 3. The van der Waals surface area contributed by atoms with Crippen LogP contribution in [0.1, 0.15) is 43.2 Å². The summed E-state index contributed by atoms with van der Waals surface area (Å²) in [4.78, 5) is 0. The Balaban J connectivity index is 2.25. The van der Waals surface area contributed by atoms with Crippen molar-refractivity contribution in [1.29, 1.82) is 0 Å². The Labute approximate surface area is 149 Å². The summed E-state index contributed by atoms with van der Waals surface area (Å²) in [5.74, 6) is 0. The molecule has 24 heavy (non-hydrogen) atoms. The van der Waals surface area contributed by atoms with Crippen LogP contribution in [0.2, 0.25) is 25.7 Å². The molecule has 0 heterocycles. The van der Waals surface area contributed by atoms with Gasteiger partial charge in [-0.25, -0.2) is 0 Å². The second-order valence-electron chi connectivity index (χ2n) is 8.47. The third-order valence-electron chi connectivity index (χ3n) is 4.71. The van der Waals surface area contributed by atoms with Crippen LogP contribution in [0.3, 0.4) is 0 Å². The van der Waals surface area contributed by atoms with Crippen molar-refractivity contribution in [3.05, 3.63) is 35.4 Å². The van der Waals surface area contributed by atoms with Crippen LogP contribution in [0.25, 0.3) is 0 Å². The Kier molecular flexibility index (Phi) is 9.20. The van der Waals surface area contributed by atoms with E-state index in [2.05, 4.69) is 43.9 Å². The Morgan fingerprint density at radius 2 is 1.33 bits per heavy atom. The van der Waals surface area contributed by atoms with Gasteiger partial charge in [0.2, 0.25) is 0 Å². The minimum absolute atomic E-state index is 0.181. The molecule has 0 unspecified atom stereocenters. The quantitative estimate of drug-likeness (QED) is 0.397. The van der Waals surface area contributed by atoms with Crippen molar-refractivity contribution in [3.63, 3.8) is 0 Å². The van der Waals surface area contributed by atoms with Crippen molar-refractivity contribution in [1.82, 2.24) is 0 Å². The van der Waals surface area contributed by atoms with Crippen LogP contribution < -0.4 is 5.73 Å². The van der Waals surface area contributed by atoms with Gasteiger partial charge in [-0.2, -0.15) is 0 Å². The summed E-state index contributed by atoms with van der Waals surface area (Å²) in [6.07, 6.45) is 7.89. The van der Waals surface area contributed by atoms with E-state index in [0.717, 1.165) is 12.8 Å². The van der Waals surface area contributed by atoms with E-state index in [-0.39, 0.29) is 13.2 Å². The van der Waals surface area contributed by atoms with Gasteiger partial charge in [0.05, 0.1) is 18.8 Å². The average Bonchev–Trinajstić information content (AvgIpc) is 2.56. The Morgan fingerprint density at radius 1 is 0.833 bits per heavy atom. The van der Waals surface area contributed by atoms with Crippen LogP contribution in [0, 0.1) is 0 Å². The first-order chi connectivity index (χ1) is 11.3. The molecule has 0 radical (unpaired) electrons. The molecule has 0 fully saturated rings. The second-order valence-corrected chi connectivity index (χ2v) is 14.1. The molecule has 138 valence electrons. The zero-order valence-electron chi connectivity index (χ0n) is 15.9. The molecule has 0 saturated carbocycles. The van der Waals surface area contributed by atoms with Gasteiger partial charge in [-0.1, -0.05) is 69.2 Å². The molecule has 0 aliphatic rings. The topological polar surface area (TPSA) is 66.5 Å². The maximum absolute atomic E-state index is 9.23. The van der Waals surface area contributed by atoms with Crippen LogP contribution in [0.15, 0.2) is 24.3 Å². The molecule has 4 N–H and O–H groups in total. The van der Waals surface area contributed by atoms with Gasteiger partial charge in [0, 0.05) is 8.07 Å². The first-order valence-electron chi connectivity index (χ1n) is 9.36. The molecule has 0 atom stereocenters. The fraction of sp³-hybridized carbons (Fsp3) is 0.700. The minimum atomic E-state index is -0.866. The van der Waals surface area contributed by atoms with Crippen molar-refractivity contribution >= 4 is 8.07 Å². The lowest BCUT2D eigenvalue weighted by atomic mass is 9.93. The molecule has 0 aliphatic carbocycles. The highest BCUT2D eigenvalue weighted by atomic mass is 28.3. The summed E-state index contributed by atoms with van der Waals surface area (Å²) in [6, 6.07) is 10.2. The van der Waals surface area contributed by atoms with Crippen molar-refractivity contribution in [2.75, 3.05) is 13.2 Å². The van der Waals surface area contributed by atoms with Crippen LogP contribution in [-0.2, 0) is 12.8 Å². The molecular weight excluding hydrogens is 314 g/mol. The second kappa shape index (κ2) is 10.3. The molecule has 3 nitrogen and oxygen atoms in total. The highest BCUT2D eigenvalue weighted by Crippen LogP contribution is 2.17. The fourth-order valence-corrected chi connectivity index (χ4v) is 4.12. The molecular formula is C20H37NO2Si. The number of aryl methyl sites for hydroxylation is 2. The van der Waals surface area contributed by atoms with Gasteiger partial charge in [-0.3, -0.25) is 0 Å². The van der Waals surface area contributed by atoms with E-state index in [1.165, 1.54) is 42.9 Å². The maximum atomic E-state index is 9.23. The third-order valence-corrected chi connectivity index (χ3v) is 6.56. The van der Waals surface area contributed by atoms with E-state index in [1.807, 2.05) is 0 Å². The monoisotopic (exact) mass is 351 g/mol. The lowest BCUT2D eigenvalue weighted by molar-refractivity contribution is 0.115. The molecule has 1 rings (SSSR count). The van der Waals surface area contributed by atoms with Gasteiger partial charge in [0.1, 0.15) is 0 Å². The predicted octanol–water partition coefficient (Wildman–Crippen LogP) is 3.74. The molecule has 0 aromatic heterocycles. The van der Waals surface area contributed by atoms with Crippen molar-refractivity contribution in [2.24, 2.45) is 5.73 Å². The SMILES string of the molecule is C[Si](C)(C)CCCCCCc1ccc(CCC(N)(CO)CO)cc1. The number of aliphatic hydroxyl groups excluding tert-OH is 2. The number of aliphatic hydroxyl groups is 2. The van der Waals surface area contributed by atoms with Crippen molar-refractivity contribution in [2.45, 2.75) is 76.2 Å². The number of nitrogens with two attached hydrogens (primary N) is 1. The molecule has 0 amide bonds. The highest BCUT2D eigenvalue weighted by Gasteiger charge is 2.22. The largest absolute Gasteiger partial charge is 0.394 e. The number of rotatable bonds is 12. The minimum Gasteiger partial charge on any atom is -0.394 e. The molecule has 0 saturated heterocycles. The molecule has 1 aromatic carbocycles. The zero-order chi connectivity index (χ0) is 18.1. The molecule has 0 bridgehead atoms. The number of unbranched alkanes of at least 4 members (excludes halogenated alkanes) is 3. The van der Waals surface area contributed by atoms with Crippen molar-refractivity contribution < 1.29 is 10.2 Å². The summed E-state index contributed by atoms with van der Waals surface area (Å²) < 4.78 is 0. The first-order valence-corrected chi connectivity index (χ1v) is 13.1. The highest BCUT2D eigenvalue weighted by molar-refractivity contribution is 6.76. The zero-order valence-corrected chi connectivity index (χ0v) is 16.9. The third kappa shape index (κ3) is 8.97. The Morgan fingerprint density at radius 3 is 1.83 bits per heavy atom. The van der Waals surface area contributed by atoms with Crippen LogP contribution in [0.4, 0.5) is 0 Å². The van der Waals surface area contributed by atoms with Crippen LogP contribution in [-0.4, -0.2) is 37.0 Å².